The third kappa shape index (κ3) is 6.07. The predicted molar refractivity (Wildman–Crippen MR) is 115 cm³/mol. The molecule has 0 radical (unpaired) electrons. The fourth-order valence-corrected chi connectivity index (χ4v) is 5.25. The van der Waals surface area contributed by atoms with Crippen molar-refractivity contribution >= 4 is 35.5 Å². The summed E-state index contributed by atoms with van der Waals surface area (Å²) in [5.41, 5.74) is 1.07. The summed E-state index contributed by atoms with van der Waals surface area (Å²) in [6.45, 7) is 3.21. The molecule has 2 saturated heterocycles. The zero-order valence-electron chi connectivity index (χ0n) is 15.7. The molecule has 3 nitrogen and oxygen atoms in total. The van der Waals surface area contributed by atoms with E-state index in [1.807, 2.05) is 6.08 Å². The highest BCUT2D eigenvalue weighted by Gasteiger charge is 2.26. The van der Waals surface area contributed by atoms with Gasteiger partial charge in [0, 0.05) is 23.6 Å². The quantitative estimate of drug-likeness (QED) is 0.584. The Morgan fingerprint density at radius 3 is 2.54 bits per heavy atom. The van der Waals surface area contributed by atoms with Crippen molar-refractivity contribution in [2.45, 2.75) is 36.6 Å². The normalized spacial score (nSPS) is 20.5. The minimum absolute atomic E-state index is 0.0191. The van der Waals surface area contributed by atoms with E-state index in [-0.39, 0.29) is 5.91 Å². The summed E-state index contributed by atoms with van der Waals surface area (Å²) in [6.07, 6.45) is 10.8. The number of nitrogens with one attached hydrogen (secondary N) is 1. The smallest absolute Gasteiger partial charge is 0.244 e. The minimum atomic E-state index is 0.0191. The third-order valence-corrected chi connectivity index (χ3v) is 7.26. The van der Waals surface area contributed by atoms with E-state index in [0.717, 1.165) is 18.2 Å². The molecule has 0 unspecified atom stereocenters. The van der Waals surface area contributed by atoms with E-state index in [1.165, 1.54) is 55.2 Å². The Morgan fingerprint density at radius 2 is 1.88 bits per heavy atom. The summed E-state index contributed by atoms with van der Waals surface area (Å²) in [6, 6.07) is 9.08. The largest absolute Gasteiger partial charge is 0.352 e. The number of amides is 1. The van der Waals surface area contributed by atoms with Crippen LogP contribution < -0.4 is 5.32 Å². The molecule has 1 aromatic rings. The van der Waals surface area contributed by atoms with Crippen molar-refractivity contribution in [3.8, 4) is 0 Å². The van der Waals surface area contributed by atoms with Gasteiger partial charge in [-0.25, -0.2) is 0 Å². The molecule has 2 heterocycles. The van der Waals surface area contributed by atoms with Gasteiger partial charge in [-0.2, -0.15) is 11.8 Å². The number of likely N-dealkylation sites (tertiary alicyclic amines) is 1. The van der Waals surface area contributed by atoms with Crippen LogP contribution in [0.15, 0.2) is 35.2 Å². The highest BCUT2D eigenvalue weighted by molar-refractivity contribution is 7.99. The second kappa shape index (κ2) is 10.4. The van der Waals surface area contributed by atoms with Crippen LogP contribution in [0.2, 0.25) is 0 Å². The molecule has 2 aliphatic heterocycles. The van der Waals surface area contributed by atoms with Gasteiger partial charge in [0.15, 0.2) is 0 Å². The first-order valence-corrected chi connectivity index (χ1v) is 12.0. The topological polar surface area (TPSA) is 32.3 Å². The van der Waals surface area contributed by atoms with Crippen molar-refractivity contribution in [1.29, 1.82) is 0 Å². The number of rotatable bonds is 6. The van der Waals surface area contributed by atoms with Crippen LogP contribution in [0.5, 0.6) is 0 Å². The van der Waals surface area contributed by atoms with E-state index >= 15 is 0 Å². The van der Waals surface area contributed by atoms with Crippen molar-refractivity contribution in [3.63, 3.8) is 0 Å². The Kier molecular flexibility index (Phi) is 7.96. The second-order valence-corrected chi connectivity index (χ2v) is 9.28. The minimum Gasteiger partial charge on any atom is -0.352 e. The van der Waals surface area contributed by atoms with Gasteiger partial charge in [0.1, 0.15) is 0 Å². The Labute approximate surface area is 166 Å². The number of hydrogen-bond acceptors (Lipinski definition) is 4. The zero-order valence-corrected chi connectivity index (χ0v) is 17.3. The summed E-state index contributed by atoms with van der Waals surface area (Å²) in [7, 11) is 0. The van der Waals surface area contributed by atoms with Gasteiger partial charge >= 0.3 is 0 Å². The number of hydrogen-bond donors (Lipinski definition) is 1. The highest BCUT2D eigenvalue weighted by atomic mass is 32.2. The first-order chi connectivity index (χ1) is 12.7. The lowest BCUT2D eigenvalue weighted by Crippen LogP contribution is -2.44. The number of carbonyl (C=O) groups excluding carboxylic acids is 1. The maximum Gasteiger partial charge on any atom is 0.244 e. The molecule has 3 rings (SSSR count). The molecule has 0 bridgehead atoms. The molecular formula is C21H30N2OS2. The molecule has 142 valence electrons. The molecule has 0 saturated carbocycles. The number of carbonyl (C=O) groups is 1. The molecule has 0 atom stereocenters. The van der Waals surface area contributed by atoms with Crippen LogP contribution >= 0.6 is 23.5 Å². The van der Waals surface area contributed by atoms with Crippen molar-refractivity contribution < 1.29 is 4.79 Å². The standard InChI is InChI=1S/C21H30N2OS2/c1-25-20-5-2-17(3-6-20)4-7-21(24)22-16-18-8-12-23(13-9-18)19-10-14-26-15-11-19/h2-7,18-19H,8-16H2,1H3,(H,22,24)/b7-4+. The van der Waals surface area contributed by atoms with Crippen molar-refractivity contribution in [2.75, 3.05) is 37.4 Å². The van der Waals surface area contributed by atoms with Crippen LogP contribution in [-0.2, 0) is 4.79 Å². The van der Waals surface area contributed by atoms with Crippen molar-refractivity contribution in [3.05, 3.63) is 35.9 Å². The van der Waals surface area contributed by atoms with Crippen LogP contribution in [0, 0.1) is 5.92 Å². The fourth-order valence-electron chi connectivity index (χ4n) is 3.76. The predicted octanol–water partition coefficient (Wildman–Crippen LogP) is 4.15. The average Bonchev–Trinajstić information content (AvgIpc) is 2.72. The van der Waals surface area contributed by atoms with Crippen LogP contribution in [-0.4, -0.2) is 54.2 Å². The van der Waals surface area contributed by atoms with E-state index in [1.54, 1.807) is 17.8 Å². The first-order valence-electron chi connectivity index (χ1n) is 9.66. The van der Waals surface area contributed by atoms with E-state index in [0.29, 0.717) is 5.92 Å². The van der Waals surface area contributed by atoms with Gasteiger partial charge in [-0.15, -0.1) is 11.8 Å². The molecule has 0 aromatic heterocycles. The number of thioether (sulfide) groups is 2. The lowest BCUT2D eigenvalue weighted by molar-refractivity contribution is -0.116. The van der Waals surface area contributed by atoms with Crippen LogP contribution in [0.4, 0.5) is 0 Å². The Bertz CT molecular complexity index is 589. The number of nitrogens with zero attached hydrogens (tertiary/aromatic N) is 1. The van der Waals surface area contributed by atoms with Gasteiger partial charge in [-0.3, -0.25) is 4.79 Å². The second-order valence-electron chi connectivity index (χ2n) is 7.17. The van der Waals surface area contributed by atoms with Crippen molar-refractivity contribution in [1.82, 2.24) is 10.2 Å². The SMILES string of the molecule is CSc1ccc(/C=C/C(=O)NCC2CCN(C3CCSCC3)CC2)cc1. The maximum absolute atomic E-state index is 12.1. The summed E-state index contributed by atoms with van der Waals surface area (Å²) in [4.78, 5) is 16.0. The van der Waals surface area contributed by atoms with Crippen molar-refractivity contribution in [2.24, 2.45) is 5.92 Å². The van der Waals surface area contributed by atoms with Crippen LogP contribution in [0.25, 0.3) is 6.08 Å². The lowest BCUT2D eigenvalue weighted by atomic mass is 9.94. The van der Waals surface area contributed by atoms with Crippen LogP contribution in [0.1, 0.15) is 31.2 Å². The van der Waals surface area contributed by atoms with Gasteiger partial charge < -0.3 is 10.2 Å². The molecular weight excluding hydrogens is 360 g/mol. The molecule has 5 heteroatoms. The van der Waals surface area contributed by atoms with E-state index in [9.17, 15) is 4.79 Å². The third-order valence-electron chi connectivity index (χ3n) is 5.46. The average molecular weight is 391 g/mol. The molecule has 2 fully saturated rings. The molecule has 1 N–H and O–H groups in total. The first kappa shape index (κ1) is 19.8. The summed E-state index contributed by atoms with van der Waals surface area (Å²) < 4.78 is 0. The van der Waals surface area contributed by atoms with E-state index in [2.05, 4.69) is 52.5 Å². The monoisotopic (exact) mass is 390 g/mol. The lowest BCUT2D eigenvalue weighted by Gasteiger charge is -2.39. The van der Waals surface area contributed by atoms with E-state index in [4.69, 9.17) is 0 Å². The van der Waals surface area contributed by atoms with Crippen LogP contribution in [0.3, 0.4) is 0 Å². The summed E-state index contributed by atoms with van der Waals surface area (Å²) >= 11 is 3.82. The Morgan fingerprint density at radius 1 is 1.19 bits per heavy atom. The molecule has 0 spiro atoms. The maximum atomic E-state index is 12.1. The fraction of sp³-hybridized carbons (Fsp3) is 0.571. The van der Waals surface area contributed by atoms with Gasteiger partial charge in [0.05, 0.1) is 0 Å². The highest BCUT2D eigenvalue weighted by Crippen LogP contribution is 2.26. The van der Waals surface area contributed by atoms with Gasteiger partial charge in [-0.05, 0) is 86.2 Å². The zero-order chi connectivity index (χ0) is 18.2. The molecule has 1 aromatic carbocycles. The number of piperidine rings is 1. The molecule has 0 aliphatic carbocycles. The van der Waals surface area contributed by atoms with Gasteiger partial charge in [-0.1, -0.05) is 12.1 Å². The number of benzene rings is 1. The molecule has 1 amide bonds. The molecule has 2 aliphatic rings. The van der Waals surface area contributed by atoms with Gasteiger partial charge in [0.2, 0.25) is 5.91 Å². The Hall–Kier alpha value is -0.910. The van der Waals surface area contributed by atoms with E-state index < -0.39 is 0 Å². The summed E-state index contributed by atoms with van der Waals surface area (Å²) in [5.74, 6) is 3.30. The van der Waals surface area contributed by atoms with Gasteiger partial charge in [0.25, 0.3) is 0 Å². The Balaban J connectivity index is 1.36. The molecule has 26 heavy (non-hydrogen) atoms. The summed E-state index contributed by atoms with van der Waals surface area (Å²) in [5, 5.41) is 3.09.